The lowest BCUT2D eigenvalue weighted by Gasteiger charge is -2.16. The fourth-order valence-corrected chi connectivity index (χ4v) is 3.79. The van der Waals surface area contributed by atoms with Crippen molar-refractivity contribution in [1.82, 2.24) is 0 Å². The van der Waals surface area contributed by atoms with Crippen molar-refractivity contribution >= 4 is 44.8 Å². The molecular weight excluding hydrogens is 520 g/mol. The van der Waals surface area contributed by atoms with E-state index in [1.807, 2.05) is 0 Å². The summed E-state index contributed by atoms with van der Waals surface area (Å²) in [6.07, 6.45) is -4.74. The van der Waals surface area contributed by atoms with Gasteiger partial charge in [0.25, 0.3) is 5.91 Å². The number of ether oxygens (including phenoxy) is 2. The smallest absolute Gasteiger partial charge is 0.416 e. The van der Waals surface area contributed by atoms with Crippen LogP contribution in [0, 0.1) is 0 Å². The van der Waals surface area contributed by atoms with Gasteiger partial charge in [-0.15, -0.1) is 0 Å². The fourth-order valence-electron chi connectivity index (χ4n) is 2.75. The van der Waals surface area contributed by atoms with Crippen molar-refractivity contribution < 1.29 is 35.9 Å². The van der Waals surface area contributed by atoms with Gasteiger partial charge in [-0.2, -0.15) is 13.2 Å². The van der Waals surface area contributed by atoms with Crippen molar-refractivity contribution in [2.24, 2.45) is 5.14 Å². The van der Waals surface area contributed by atoms with Gasteiger partial charge in [-0.25, -0.2) is 13.6 Å². The average molecular weight is 535 g/mol. The van der Waals surface area contributed by atoms with Crippen molar-refractivity contribution in [2.45, 2.75) is 11.1 Å². The number of alkyl halides is 3. The topological polar surface area (TPSA) is 108 Å². The number of amides is 1. The summed E-state index contributed by atoms with van der Waals surface area (Å²) in [5, 5.41) is 7.26. The van der Waals surface area contributed by atoms with E-state index in [2.05, 4.69) is 5.32 Å². The molecule has 1 amide bonds. The summed E-state index contributed by atoms with van der Waals surface area (Å²) >= 11 is 12.1. The van der Waals surface area contributed by atoms with Gasteiger partial charge in [-0.1, -0.05) is 23.2 Å². The Balaban J connectivity index is 2.00. The molecule has 0 unspecified atom stereocenters. The van der Waals surface area contributed by atoms with Crippen molar-refractivity contribution in [3.63, 3.8) is 0 Å². The Bertz CT molecular complexity index is 1370. The Hall–Kier alpha value is -2.99. The highest BCUT2D eigenvalue weighted by molar-refractivity contribution is 7.89. The summed E-state index contributed by atoms with van der Waals surface area (Å²) in [7, 11) is -2.64. The lowest BCUT2D eigenvalue weighted by molar-refractivity contribution is -0.137. The second-order valence-corrected chi connectivity index (χ2v) is 9.12. The minimum absolute atomic E-state index is 0.0619. The number of nitrogens with two attached hydrogens (primary N) is 1. The molecule has 180 valence electrons. The van der Waals surface area contributed by atoms with Gasteiger partial charge in [0.05, 0.1) is 38.9 Å². The van der Waals surface area contributed by atoms with Crippen LogP contribution in [0.2, 0.25) is 10.0 Å². The molecule has 0 saturated heterocycles. The van der Waals surface area contributed by atoms with Crippen LogP contribution in [0.3, 0.4) is 0 Å². The SMILES string of the molecule is COc1ccc(Oc2ccc(C(F)(F)F)cc2C(=O)Nc2ccc(S(N)(=O)=O)cc2Cl)c(Cl)c1. The van der Waals surface area contributed by atoms with Gasteiger partial charge < -0.3 is 14.8 Å². The number of carbonyl (C=O) groups excluding carboxylic acids is 1. The summed E-state index contributed by atoms with van der Waals surface area (Å²) in [5.41, 5.74) is -1.64. The summed E-state index contributed by atoms with van der Waals surface area (Å²) < 4.78 is 73.4. The second kappa shape index (κ2) is 9.71. The first-order valence-corrected chi connectivity index (χ1v) is 11.5. The zero-order chi connectivity index (χ0) is 25.3. The number of hydrogen-bond donors (Lipinski definition) is 2. The van der Waals surface area contributed by atoms with Crippen LogP contribution in [0.5, 0.6) is 17.2 Å². The normalized spacial score (nSPS) is 11.7. The number of methoxy groups -OCH3 is 1. The molecular formula is C21H15Cl2F3N2O5S. The third-order valence-corrected chi connectivity index (χ3v) is 5.95. The van der Waals surface area contributed by atoms with Crippen molar-refractivity contribution in [3.05, 3.63) is 75.8 Å². The zero-order valence-electron chi connectivity index (χ0n) is 17.1. The molecule has 3 aromatic carbocycles. The van der Waals surface area contributed by atoms with Gasteiger partial charge in [0.1, 0.15) is 17.2 Å². The lowest BCUT2D eigenvalue weighted by atomic mass is 10.1. The Morgan fingerprint density at radius 1 is 0.971 bits per heavy atom. The Morgan fingerprint density at radius 3 is 2.21 bits per heavy atom. The molecule has 3 aromatic rings. The summed E-state index contributed by atoms with van der Waals surface area (Å²) in [4.78, 5) is 12.6. The van der Waals surface area contributed by atoms with Gasteiger partial charge in [0.15, 0.2) is 0 Å². The average Bonchev–Trinajstić information content (AvgIpc) is 2.75. The molecule has 0 heterocycles. The molecule has 3 N–H and O–H groups in total. The molecule has 0 saturated carbocycles. The monoisotopic (exact) mass is 534 g/mol. The molecule has 0 aliphatic carbocycles. The fraction of sp³-hybridized carbons (Fsp3) is 0.0952. The number of sulfonamides is 1. The third-order valence-electron chi connectivity index (χ3n) is 4.43. The number of primary sulfonamides is 1. The van der Waals surface area contributed by atoms with E-state index in [0.29, 0.717) is 11.8 Å². The quantitative estimate of drug-likeness (QED) is 0.420. The van der Waals surface area contributed by atoms with Gasteiger partial charge in [0, 0.05) is 6.07 Å². The Labute approximate surface area is 202 Å². The lowest BCUT2D eigenvalue weighted by Crippen LogP contribution is -2.16. The molecule has 3 rings (SSSR count). The molecule has 0 radical (unpaired) electrons. The van der Waals surface area contributed by atoms with Crippen LogP contribution < -0.4 is 19.9 Å². The Morgan fingerprint density at radius 2 is 1.65 bits per heavy atom. The van der Waals surface area contributed by atoms with Crippen LogP contribution in [-0.4, -0.2) is 21.4 Å². The second-order valence-electron chi connectivity index (χ2n) is 6.75. The molecule has 7 nitrogen and oxygen atoms in total. The maximum absolute atomic E-state index is 13.3. The first-order valence-electron chi connectivity index (χ1n) is 9.16. The summed E-state index contributed by atoms with van der Waals surface area (Å²) in [5.74, 6) is -0.752. The van der Waals surface area contributed by atoms with Crippen LogP contribution in [0.25, 0.3) is 0 Å². The highest BCUT2D eigenvalue weighted by Gasteiger charge is 2.32. The van der Waals surface area contributed by atoms with E-state index >= 15 is 0 Å². The minimum atomic E-state index is -4.74. The van der Waals surface area contributed by atoms with Crippen molar-refractivity contribution in [2.75, 3.05) is 12.4 Å². The van der Waals surface area contributed by atoms with Gasteiger partial charge in [-0.05, 0) is 48.5 Å². The van der Waals surface area contributed by atoms with E-state index in [0.717, 1.165) is 30.3 Å². The number of rotatable bonds is 6. The first kappa shape index (κ1) is 25.6. The third kappa shape index (κ3) is 5.92. The van der Waals surface area contributed by atoms with Crippen LogP contribution in [-0.2, 0) is 16.2 Å². The van der Waals surface area contributed by atoms with Crippen LogP contribution in [0.4, 0.5) is 18.9 Å². The predicted octanol–water partition coefficient (Wildman–Crippen LogP) is 5.71. The number of benzene rings is 3. The predicted molar refractivity (Wildman–Crippen MR) is 120 cm³/mol. The van der Waals surface area contributed by atoms with Crippen LogP contribution in [0.15, 0.2) is 59.5 Å². The van der Waals surface area contributed by atoms with Crippen molar-refractivity contribution in [1.29, 1.82) is 0 Å². The van der Waals surface area contributed by atoms with E-state index in [1.165, 1.54) is 25.3 Å². The van der Waals surface area contributed by atoms with E-state index < -0.39 is 33.2 Å². The number of hydrogen-bond acceptors (Lipinski definition) is 5. The largest absolute Gasteiger partial charge is 0.497 e. The molecule has 34 heavy (non-hydrogen) atoms. The highest BCUT2D eigenvalue weighted by atomic mass is 35.5. The van der Waals surface area contributed by atoms with E-state index in [1.54, 1.807) is 0 Å². The Kier molecular flexibility index (Phi) is 7.32. The molecule has 0 fully saturated rings. The minimum Gasteiger partial charge on any atom is -0.497 e. The molecule has 0 aliphatic rings. The maximum Gasteiger partial charge on any atom is 0.416 e. The summed E-state index contributed by atoms with van der Waals surface area (Å²) in [6.45, 7) is 0. The molecule has 0 spiro atoms. The van der Waals surface area contributed by atoms with Gasteiger partial charge in [0.2, 0.25) is 10.0 Å². The molecule has 0 aromatic heterocycles. The maximum atomic E-state index is 13.3. The number of carbonyl (C=O) groups is 1. The van der Waals surface area contributed by atoms with Crippen molar-refractivity contribution in [3.8, 4) is 17.2 Å². The first-order chi connectivity index (χ1) is 15.8. The molecule has 13 heteroatoms. The molecule has 0 aliphatic heterocycles. The number of halogens is 5. The van der Waals surface area contributed by atoms with Gasteiger partial charge >= 0.3 is 6.18 Å². The number of nitrogens with one attached hydrogen (secondary N) is 1. The van der Waals surface area contributed by atoms with Crippen LogP contribution in [0.1, 0.15) is 15.9 Å². The van der Waals surface area contributed by atoms with Crippen LogP contribution >= 0.6 is 23.2 Å². The van der Waals surface area contributed by atoms with E-state index in [9.17, 15) is 26.4 Å². The molecule has 0 atom stereocenters. The van der Waals surface area contributed by atoms with Gasteiger partial charge in [-0.3, -0.25) is 4.79 Å². The number of anilines is 1. The standard InChI is InChI=1S/C21H15Cl2F3N2O5S/c1-32-12-3-7-19(16(23)9-12)33-18-6-2-11(21(24,25)26)8-14(18)20(29)28-17-5-4-13(10-15(17)22)34(27,30)31/h2-10H,1H3,(H,28,29)(H2,27,30,31). The van der Waals surface area contributed by atoms with E-state index in [4.69, 9.17) is 37.8 Å². The van der Waals surface area contributed by atoms with E-state index in [-0.39, 0.29) is 32.1 Å². The zero-order valence-corrected chi connectivity index (χ0v) is 19.4. The highest BCUT2D eigenvalue weighted by Crippen LogP contribution is 2.37. The molecule has 0 bridgehead atoms. The summed E-state index contributed by atoms with van der Waals surface area (Å²) in [6, 6.07) is 9.91.